The molecule has 1 atom stereocenters. The smallest absolute Gasteiger partial charge is 0.257 e. The molecule has 0 bridgehead atoms. The molecule has 2 aliphatic heterocycles. The molecule has 170 valence electrons. The Balaban J connectivity index is 1.62. The van der Waals surface area contributed by atoms with Gasteiger partial charge in [-0.05, 0) is 43.7 Å². The first-order chi connectivity index (χ1) is 15.5. The first-order valence-corrected chi connectivity index (χ1v) is 11.5. The third kappa shape index (κ3) is 4.71. The Morgan fingerprint density at radius 1 is 1.06 bits per heavy atom. The SMILES string of the molecule is CCN1CCN(CC(=O)N2N=C(c3ccccc3OC)C[C@@H]2c2cc(C)ccc2C)CC1. The van der Waals surface area contributed by atoms with Gasteiger partial charge in [-0.25, -0.2) is 5.01 Å². The van der Waals surface area contributed by atoms with E-state index in [9.17, 15) is 4.79 Å². The van der Waals surface area contributed by atoms with E-state index in [4.69, 9.17) is 9.84 Å². The third-order valence-electron chi connectivity index (χ3n) is 6.65. The number of piperazine rings is 1. The van der Waals surface area contributed by atoms with Crippen LogP contribution >= 0.6 is 0 Å². The molecule has 2 aliphatic rings. The number of nitrogens with zero attached hydrogens (tertiary/aromatic N) is 4. The zero-order chi connectivity index (χ0) is 22.7. The number of hydrogen-bond acceptors (Lipinski definition) is 5. The Labute approximate surface area is 191 Å². The molecule has 0 radical (unpaired) electrons. The quantitative estimate of drug-likeness (QED) is 0.697. The highest BCUT2D eigenvalue weighted by Gasteiger charge is 2.35. The van der Waals surface area contributed by atoms with E-state index in [1.165, 1.54) is 16.7 Å². The summed E-state index contributed by atoms with van der Waals surface area (Å²) < 4.78 is 5.58. The predicted molar refractivity (Wildman–Crippen MR) is 128 cm³/mol. The van der Waals surface area contributed by atoms with E-state index in [-0.39, 0.29) is 11.9 Å². The number of amides is 1. The Morgan fingerprint density at radius 2 is 1.78 bits per heavy atom. The van der Waals surface area contributed by atoms with Crippen molar-refractivity contribution < 1.29 is 9.53 Å². The summed E-state index contributed by atoms with van der Waals surface area (Å²) in [6, 6.07) is 14.3. The van der Waals surface area contributed by atoms with Crippen LogP contribution in [0.2, 0.25) is 0 Å². The number of methoxy groups -OCH3 is 1. The zero-order valence-electron chi connectivity index (χ0n) is 19.7. The Kier molecular flexibility index (Phi) is 6.92. The number of hydrazone groups is 1. The van der Waals surface area contributed by atoms with Gasteiger partial charge in [0.05, 0.1) is 25.4 Å². The molecular weight excluding hydrogens is 400 g/mol. The van der Waals surface area contributed by atoms with Crippen LogP contribution in [0.25, 0.3) is 0 Å². The molecule has 2 aromatic rings. The van der Waals surface area contributed by atoms with Crippen LogP contribution in [0.5, 0.6) is 5.75 Å². The molecule has 1 amide bonds. The van der Waals surface area contributed by atoms with Gasteiger partial charge in [-0.3, -0.25) is 9.69 Å². The standard InChI is InChI=1S/C26H34N4O2/c1-5-28-12-14-29(15-13-28)18-26(31)30-24(22-16-19(2)10-11-20(22)3)17-23(27-30)21-8-6-7-9-25(21)32-4/h6-11,16,24H,5,12-15,17-18H2,1-4H3/t24-/m1/s1. The minimum atomic E-state index is -0.0979. The molecule has 6 nitrogen and oxygen atoms in total. The second-order valence-electron chi connectivity index (χ2n) is 8.78. The summed E-state index contributed by atoms with van der Waals surface area (Å²) in [6.45, 7) is 11.7. The fourth-order valence-corrected chi connectivity index (χ4v) is 4.67. The third-order valence-corrected chi connectivity index (χ3v) is 6.65. The molecule has 1 fully saturated rings. The minimum Gasteiger partial charge on any atom is -0.496 e. The van der Waals surface area contributed by atoms with E-state index in [0.717, 1.165) is 49.7 Å². The molecule has 0 aromatic heterocycles. The fourth-order valence-electron chi connectivity index (χ4n) is 4.67. The summed E-state index contributed by atoms with van der Waals surface area (Å²) in [5.41, 5.74) is 5.41. The van der Waals surface area contributed by atoms with E-state index in [1.807, 2.05) is 24.3 Å². The predicted octanol–water partition coefficient (Wildman–Crippen LogP) is 3.63. The van der Waals surface area contributed by atoms with Crippen molar-refractivity contribution in [1.29, 1.82) is 0 Å². The zero-order valence-corrected chi connectivity index (χ0v) is 19.7. The van der Waals surface area contributed by atoms with Crippen molar-refractivity contribution in [2.24, 2.45) is 5.10 Å². The van der Waals surface area contributed by atoms with Gasteiger partial charge in [0.1, 0.15) is 5.75 Å². The molecule has 0 unspecified atom stereocenters. The molecule has 32 heavy (non-hydrogen) atoms. The van der Waals surface area contributed by atoms with Crippen LogP contribution in [0.1, 0.15) is 41.6 Å². The van der Waals surface area contributed by atoms with Crippen LogP contribution in [-0.4, -0.2) is 72.8 Å². The van der Waals surface area contributed by atoms with Crippen LogP contribution in [-0.2, 0) is 4.79 Å². The lowest BCUT2D eigenvalue weighted by atomic mass is 9.93. The number of hydrogen-bond donors (Lipinski definition) is 0. The maximum Gasteiger partial charge on any atom is 0.257 e. The number of likely N-dealkylation sites (N-methyl/N-ethyl adjacent to an activating group) is 1. The molecule has 2 aromatic carbocycles. The van der Waals surface area contributed by atoms with Gasteiger partial charge in [0.2, 0.25) is 0 Å². The van der Waals surface area contributed by atoms with Crippen molar-refractivity contribution in [3.8, 4) is 5.75 Å². The van der Waals surface area contributed by atoms with E-state index in [1.54, 1.807) is 12.1 Å². The van der Waals surface area contributed by atoms with Crippen molar-refractivity contribution >= 4 is 11.6 Å². The van der Waals surface area contributed by atoms with E-state index >= 15 is 0 Å². The molecule has 4 rings (SSSR count). The Bertz CT molecular complexity index is 995. The summed E-state index contributed by atoms with van der Waals surface area (Å²) in [5, 5.41) is 6.61. The highest BCUT2D eigenvalue weighted by Crippen LogP contribution is 2.36. The summed E-state index contributed by atoms with van der Waals surface area (Å²) in [4.78, 5) is 18.2. The van der Waals surface area contributed by atoms with Gasteiger partial charge in [0.25, 0.3) is 5.91 Å². The second kappa shape index (κ2) is 9.84. The summed E-state index contributed by atoms with van der Waals surface area (Å²) in [6.07, 6.45) is 0.681. The molecule has 0 aliphatic carbocycles. The van der Waals surface area contributed by atoms with Crippen molar-refractivity contribution in [1.82, 2.24) is 14.8 Å². The monoisotopic (exact) mass is 434 g/mol. The normalized spacial score (nSPS) is 19.8. The number of carbonyl (C=O) groups excluding carboxylic acids is 1. The van der Waals surface area contributed by atoms with Gasteiger partial charge in [0.15, 0.2) is 0 Å². The topological polar surface area (TPSA) is 48.4 Å². The molecule has 0 N–H and O–H groups in total. The summed E-state index contributed by atoms with van der Waals surface area (Å²) >= 11 is 0. The van der Waals surface area contributed by atoms with Gasteiger partial charge in [-0.1, -0.05) is 42.8 Å². The number of benzene rings is 2. The largest absolute Gasteiger partial charge is 0.496 e. The van der Waals surface area contributed by atoms with E-state index < -0.39 is 0 Å². The van der Waals surface area contributed by atoms with Crippen LogP contribution in [0, 0.1) is 13.8 Å². The number of para-hydroxylation sites is 1. The first kappa shape index (κ1) is 22.5. The summed E-state index contributed by atoms with van der Waals surface area (Å²) in [5.74, 6) is 0.849. The average molecular weight is 435 g/mol. The molecular formula is C26H34N4O2. The molecule has 0 spiro atoms. The first-order valence-electron chi connectivity index (χ1n) is 11.5. The van der Waals surface area contributed by atoms with Crippen molar-refractivity contribution in [2.75, 3.05) is 46.4 Å². The maximum absolute atomic E-state index is 13.5. The number of carbonyl (C=O) groups is 1. The van der Waals surface area contributed by atoms with E-state index in [2.05, 4.69) is 48.8 Å². The van der Waals surface area contributed by atoms with Crippen molar-refractivity contribution in [3.63, 3.8) is 0 Å². The molecule has 6 heteroatoms. The van der Waals surface area contributed by atoms with Crippen LogP contribution < -0.4 is 4.74 Å². The Hall–Kier alpha value is -2.70. The van der Waals surface area contributed by atoms with Crippen LogP contribution in [0.4, 0.5) is 0 Å². The second-order valence-corrected chi connectivity index (χ2v) is 8.78. The highest BCUT2D eigenvalue weighted by molar-refractivity contribution is 6.05. The fraction of sp³-hybridized carbons (Fsp3) is 0.462. The number of rotatable bonds is 6. The highest BCUT2D eigenvalue weighted by atomic mass is 16.5. The van der Waals surface area contributed by atoms with Crippen molar-refractivity contribution in [3.05, 3.63) is 64.7 Å². The molecule has 2 heterocycles. The van der Waals surface area contributed by atoms with Crippen molar-refractivity contribution in [2.45, 2.75) is 33.2 Å². The van der Waals surface area contributed by atoms with Gasteiger partial charge < -0.3 is 9.64 Å². The van der Waals surface area contributed by atoms with Crippen LogP contribution in [0.15, 0.2) is 47.6 Å². The van der Waals surface area contributed by atoms with Gasteiger partial charge >= 0.3 is 0 Å². The van der Waals surface area contributed by atoms with Gasteiger partial charge in [-0.2, -0.15) is 5.10 Å². The number of aryl methyl sites for hydroxylation is 2. The van der Waals surface area contributed by atoms with E-state index in [0.29, 0.717) is 13.0 Å². The Morgan fingerprint density at radius 3 is 2.50 bits per heavy atom. The maximum atomic E-state index is 13.5. The van der Waals surface area contributed by atoms with Gasteiger partial charge in [-0.15, -0.1) is 0 Å². The lowest BCUT2D eigenvalue weighted by Gasteiger charge is -2.34. The molecule has 0 saturated carbocycles. The summed E-state index contributed by atoms with van der Waals surface area (Å²) in [7, 11) is 1.68. The lowest BCUT2D eigenvalue weighted by Crippen LogP contribution is -2.49. The minimum absolute atomic E-state index is 0.0609. The van der Waals surface area contributed by atoms with Crippen LogP contribution in [0.3, 0.4) is 0 Å². The molecule has 1 saturated heterocycles. The number of ether oxygens (including phenoxy) is 1. The average Bonchev–Trinajstić information content (AvgIpc) is 3.26. The van der Waals surface area contributed by atoms with Gasteiger partial charge in [0, 0.05) is 38.2 Å². The lowest BCUT2D eigenvalue weighted by molar-refractivity contribution is -0.134.